The molecule has 1 aromatic rings. The highest BCUT2D eigenvalue weighted by molar-refractivity contribution is 6.63. The van der Waals surface area contributed by atoms with Gasteiger partial charge in [0.05, 0.1) is 6.33 Å². The van der Waals surface area contributed by atoms with Gasteiger partial charge in [-0.15, -0.1) is 0 Å². The molecule has 3 nitrogen and oxygen atoms in total. The average Bonchev–Trinajstić information content (AvgIpc) is 2.55. The number of aryl methyl sites for hydroxylation is 1. The number of hydrogen-bond donors (Lipinski definition) is 0. The van der Waals surface area contributed by atoms with Gasteiger partial charge < -0.3 is 4.57 Å². The highest BCUT2D eigenvalue weighted by Gasteiger charge is 1.95. The van der Waals surface area contributed by atoms with Crippen LogP contribution in [0, 0.1) is 0 Å². The number of carbonyl (C=O) groups excluding carboxylic acids is 1. The number of rotatable bonds is 6. The first-order valence-electron chi connectivity index (χ1n) is 4.43. The van der Waals surface area contributed by atoms with Crippen LogP contribution in [-0.2, 0) is 11.3 Å². The molecule has 0 unspecified atom stereocenters. The minimum absolute atomic E-state index is 0.234. The van der Waals surface area contributed by atoms with Crippen molar-refractivity contribution in [1.29, 1.82) is 0 Å². The van der Waals surface area contributed by atoms with E-state index < -0.39 is 0 Å². The quantitative estimate of drug-likeness (QED) is 0.521. The van der Waals surface area contributed by atoms with Crippen LogP contribution in [0.5, 0.6) is 0 Å². The average molecular weight is 201 g/mol. The van der Waals surface area contributed by atoms with Crippen molar-refractivity contribution in [3.05, 3.63) is 18.7 Å². The zero-order chi connectivity index (χ0) is 9.52. The summed E-state index contributed by atoms with van der Waals surface area (Å²) >= 11 is 5.20. The molecule has 1 rings (SSSR count). The Morgan fingerprint density at radius 1 is 1.38 bits per heavy atom. The summed E-state index contributed by atoms with van der Waals surface area (Å²) in [4.78, 5) is 14.3. The summed E-state index contributed by atoms with van der Waals surface area (Å²) in [5.74, 6) is 0. The van der Waals surface area contributed by atoms with E-state index in [0.717, 1.165) is 25.8 Å². The van der Waals surface area contributed by atoms with Crippen LogP contribution < -0.4 is 0 Å². The van der Waals surface area contributed by atoms with E-state index in [-0.39, 0.29) is 5.24 Å². The van der Waals surface area contributed by atoms with Crippen molar-refractivity contribution >= 4 is 16.8 Å². The summed E-state index contributed by atoms with van der Waals surface area (Å²) in [6.45, 7) is 0.969. The number of imidazole rings is 1. The first-order chi connectivity index (χ1) is 6.29. The monoisotopic (exact) mass is 200 g/mol. The molecule has 4 heteroatoms. The van der Waals surface area contributed by atoms with Crippen LogP contribution in [0.1, 0.15) is 25.7 Å². The fourth-order valence-electron chi connectivity index (χ4n) is 1.15. The molecule has 0 saturated heterocycles. The van der Waals surface area contributed by atoms with Crippen LogP contribution in [-0.4, -0.2) is 14.8 Å². The largest absolute Gasteiger partial charge is 0.337 e. The Kier molecular flexibility index (Phi) is 4.54. The predicted molar refractivity (Wildman–Crippen MR) is 51.6 cm³/mol. The number of nitrogens with zero attached hydrogens (tertiary/aromatic N) is 2. The molecule has 0 fully saturated rings. The first-order valence-corrected chi connectivity index (χ1v) is 4.81. The van der Waals surface area contributed by atoms with E-state index in [1.54, 1.807) is 12.5 Å². The number of unbranched alkanes of at least 4 members (excludes halogenated alkanes) is 2. The molecule has 0 N–H and O–H groups in total. The van der Waals surface area contributed by atoms with Gasteiger partial charge in [-0.1, -0.05) is 6.42 Å². The lowest BCUT2D eigenvalue weighted by atomic mass is 10.2. The summed E-state index contributed by atoms with van der Waals surface area (Å²) in [6, 6.07) is 0. The second-order valence-corrected chi connectivity index (χ2v) is 3.39. The number of halogens is 1. The van der Waals surface area contributed by atoms with Crippen molar-refractivity contribution in [2.75, 3.05) is 0 Å². The van der Waals surface area contributed by atoms with Gasteiger partial charge in [0.1, 0.15) is 0 Å². The van der Waals surface area contributed by atoms with E-state index in [1.807, 2.05) is 10.8 Å². The number of carbonyl (C=O) groups is 1. The van der Waals surface area contributed by atoms with Gasteiger partial charge in [-0.25, -0.2) is 4.98 Å². The maximum absolute atomic E-state index is 10.4. The van der Waals surface area contributed by atoms with Gasteiger partial charge in [0.2, 0.25) is 5.24 Å². The first kappa shape index (κ1) is 10.3. The molecule has 0 bridgehead atoms. The maximum Gasteiger partial charge on any atom is 0.221 e. The van der Waals surface area contributed by atoms with E-state index in [2.05, 4.69) is 4.98 Å². The molecule has 0 amide bonds. The molecule has 13 heavy (non-hydrogen) atoms. The van der Waals surface area contributed by atoms with Crippen LogP contribution in [0.15, 0.2) is 18.7 Å². The van der Waals surface area contributed by atoms with Crippen molar-refractivity contribution in [2.24, 2.45) is 0 Å². The van der Waals surface area contributed by atoms with Gasteiger partial charge in [0.25, 0.3) is 0 Å². The van der Waals surface area contributed by atoms with E-state index >= 15 is 0 Å². The highest BCUT2D eigenvalue weighted by atomic mass is 35.5. The molecule has 1 aromatic heterocycles. The predicted octanol–water partition coefficient (Wildman–Crippen LogP) is 2.21. The SMILES string of the molecule is O=C(Cl)CCCCCn1ccnc1. The number of aromatic nitrogens is 2. The molecule has 0 aliphatic rings. The summed E-state index contributed by atoms with van der Waals surface area (Å²) in [5, 5.41) is -0.234. The Bertz CT molecular complexity index is 246. The molecule has 0 aliphatic carbocycles. The summed E-state index contributed by atoms with van der Waals surface area (Å²) in [6.07, 6.45) is 8.99. The van der Waals surface area contributed by atoms with E-state index in [1.165, 1.54) is 0 Å². The molecule has 0 atom stereocenters. The summed E-state index contributed by atoms with van der Waals surface area (Å²) in [7, 11) is 0. The van der Waals surface area contributed by atoms with Crippen LogP contribution >= 0.6 is 11.6 Å². The topological polar surface area (TPSA) is 34.9 Å². The van der Waals surface area contributed by atoms with E-state index in [4.69, 9.17) is 11.6 Å². The molecule has 1 heterocycles. The van der Waals surface area contributed by atoms with Crippen molar-refractivity contribution in [1.82, 2.24) is 9.55 Å². The standard InChI is InChI=1S/C9H13ClN2O/c10-9(13)4-2-1-3-6-12-7-5-11-8-12/h5,7-8H,1-4,6H2. The zero-order valence-corrected chi connectivity index (χ0v) is 8.20. The van der Waals surface area contributed by atoms with Crippen LogP contribution in [0.4, 0.5) is 0 Å². The van der Waals surface area contributed by atoms with Gasteiger partial charge in [-0.05, 0) is 24.4 Å². The molecule has 72 valence electrons. The maximum atomic E-state index is 10.4. The molecular formula is C9H13ClN2O. The van der Waals surface area contributed by atoms with Gasteiger partial charge >= 0.3 is 0 Å². The molecule has 0 aliphatic heterocycles. The highest BCUT2D eigenvalue weighted by Crippen LogP contribution is 2.03. The molecular weight excluding hydrogens is 188 g/mol. The van der Waals surface area contributed by atoms with Gasteiger partial charge in [0, 0.05) is 25.4 Å². The van der Waals surface area contributed by atoms with E-state index in [0.29, 0.717) is 6.42 Å². The van der Waals surface area contributed by atoms with Crippen LogP contribution in [0.25, 0.3) is 0 Å². The zero-order valence-electron chi connectivity index (χ0n) is 7.45. The van der Waals surface area contributed by atoms with E-state index in [9.17, 15) is 4.79 Å². The Morgan fingerprint density at radius 2 is 2.23 bits per heavy atom. The minimum atomic E-state index is -0.234. The van der Waals surface area contributed by atoms with Crippen LogP contribution in [0.3, 0.4) is 0 Å². The third-order valence-corrected chi connectivity index (χ3v) is 2.04. The second-order valence-electron chi connectivity index (χ2n) is 2.97. The molecule has 0 aromatic carbocycles. The molecule has 0 radical (unpaired) electrons. The Morgan fingerprint density at radius 3 is 2.85 bits per heavy atom. The Labute approximate surface area is 82.7 Å². The fourth-order valence-corrected chi connectivity index (χ4v) is 1.29. The van der Waals surface area contributed by atoms with Gasteiger partial charge in [-0.2, -0.15) is 0 Å². The third kappa shape index (κ3) is 4.68. The smallest absolute Gasteiger partial charge is 0.221 e. The third-order valence-electron chi connectivity index (χ3n) is 1.85. The van der Waals surface area contributed by atoms with Crippen molar-refractivity contribution < 1.29 is 4.79 Å². The van der Waals surface area contributed by atoms with Crippen molar-refractivity contribution in [3.63, 3.8) is 0 Å². The Hall–Kier alpha value is -0.830. The van der Waals surface area contributed by atoms with Gasteiger partial charge in [0.15, 0.2) is 0 Å². The number of hydrogen-bond acceptors (Lipinski definition) is 2. The summed E-state index contributed by atoms with van der Waals surface area (Å²) < 4.78 is 2.03. The fraction of sp³-hybridized carbons (Fsp3) is 0.556. The minimum Gasteiger partial charge on any atom is -0.337 e. The normalized spacial score (nSPS) is 10.2. The Balaban J connectivity index is 1.99. The van der Waals surface area contributed by atoms with Crippen molar-refractivity contribution in [3.8, 4) is 0 Å². The lowest BCUT2D eigenvalue weighted by molar-refractivity contribution is -0.111. The van der Waals surface area contributed by atoms with Gasteiger partial charge in [-0.3, -0.25) is 4.79 Å². The van der Waals surface area contributed by atoms with Crippen molar-refractivity contribution in [2.45, 2.75) is 32.2 Å². The molecule has 0 saturated carbocycles. The molecule has 0 spiro atoms. The second kappa shape index (κ2) is 5.75. The van der Waals surface area contributed by atoms with Crippen LogP contribution in [0.2, 0.25) is 0 Å². The lowest BCUT2D eigenvalue weighted by Crippen LogP contribution is -1.94. The lowest BCUT2D eigenvalue weighted by Gasteiger charge is -2.00. The summed E-state index contributed by atoms with van der Waals surface area (Å²) in [5.41, 5.74) is 0.